The van der Waals surface area contributed by atoms with Crippen LogP contribution in [-0.2, 0) is 0 Å². The number of nitrogens with zero attached hydrogens (tertiary/aromatic N) is 3. The summed E-state index contributed by atoms with van der Waals surface area (Å²) in [6, 6.07) is 3.90. The first-order valence-electron chi connectivity index (χ1n) is 6.70. The highest BCUT2D eigenvalue weighted by molar-refractivity contribution is 5.40. The fraction of sp³-hybridized carbons (Fsp3) is 0.429. The van der Waals surface area contributed by atoms with Gasteiger partial charge in [-0.15, -0.1) is 0 Å². The van der Waals surface area contributed by atoms with Gasteiger partial charge in [-0.1, -0.05) is 0 Å². The van der Waals surface area contributed by atoms with Gasteiger partial charge in [0.25, 0.3) is 0 Å². The van der Waals surface area contributed by atoms with E-state index in [1.807, 2.05) is 22.9 Å². The molecule has 2 aromatic rings. The standard InChI is InChI=1S/C14H18N4O/c1-3-12(9-15-5-1)10-19-14-13(4-2-6-17-14)18-8-7-16-11-18/h2,4,6-8,11-12,15H,1,3,5,9-10H2. The van der Waals surface area contributed by atoms with Gasteiger partial charge in [0.15, 0.2) is 0 Å². The molecule has 1 fully saturated rings. The lowest BCUT2D eigenvalue weighted by Gasteiger charge is -2.23. The smallest absolute Gasteiger partial charge is 0.238 e. The van der Waals surface area contributed by atoms with Crippen LogP contribution in [0.4, 0.5) is 0 Å². The van der Waals surface area contributed by atoms with Crippen molar-refractivity contribution >= 4 is 0 Å². The maximum absolute atomic E-state index is 5.90. The van der Waals surface area contributed by atoms with Gasteiger partial charge in [0, 0.05) is 31.1 Å². The molecule has 5 heteroatoms. The van der Waals surface area contributed by atoms with Gasteiger partial charge in [0.1, 0.15) is 5.69 Å². The van der Waals surface area contributed by atoms with E-state index in [-0.39, 0.29) is 0 Å². The Labute approximate surface area is 112 Å². The number of hydrogen-bond donors (Lipinski definition) is 1. The molecule has 19 heavy (non-hydrogen) atoms. The first-order valence-corrected chi connectivity index (χ1v) is 6.70. The molecule has 1 N–H and O–H groups in total. The predicted octanol–water partition coefficient (Wildman–Crippen LogP) is 1.65. The minimum Gasteiger partial charge on any atom is -0.476 e. The average molecular weight is 258 g/mol. The number of aromatic nitrogens is 3. The summed E-state index contributed by atoms with van der Waals surface area (Å²) in [5.74, 6) is 1.25. The minimum atomic E-state index is 0.575. The lowest BCUT2D eigenvalue weighted by Crippen LogP contribution is -2.33. The number of pyridine rings is 1. The quantitative estimate of drug-likeness (QED) is 0.906. The van der Waals surface area contributed by atoms with E-state index in [9.17, 15) is 0 Å². The summed E-state index contributed by atoms with van der Waals surface area (Å²) in [5.41, 5.74) is 0.934. The van der Waals surface area contributed by atoms with Crippen LogP contribution in [0.15, 0.2) is 37.1 Å². The van der Waals surface area contributed by atoms with Crippen molar-refractivity contribution in [3.8, 4) is 11.6 Å². The molecule has 1 aliphatic heterocycles. The lowest BCUT2D eigenvalue weighted by molar-refractivity contribution is 0.212. The van der Waals surface area contributed by atoms with Crippen LogP contribution < -0.4 is 10.1 Å². The third-order valence-electron chi connectivity index (χ3n) is 3.39. The zero-order valence-corrected chi connectivity index (χ0v) is 10.8. The molecule has 100 valence electrons. The maximum Gasteiger partial charge on any atom is 0.238 e. The summed E-state index contributed by atoms with van der Waals surface area (Å²) < 4.78 is 7.82. The van der Waals surface area contributed by atoms with Gasteiger partial charge in [0.05, 0.1) is 12.9 Å². The Bertz CT molecular complexity index is 506. The van der Waals surface area contributed by atoms with Crippen LogP contribution in [0.2, 0.25) is 0 Å². The SMILES string of the molecule is c1cnc(OCC2CCCNC2)c(-n2ccnc2)c1. The van der Waals surface area contributed by atoms with Gasteiger partial charge in [0.2, 0.25) is 5.88 Å². The third-order valence-corrected chi connectivity index (χ3v) is 3.39. The van der Waals surface area contributed by atoms with Crippen LogP contribution in [0.3, 0.4) is 0 Å². The fourth-order valence-corrected chi connectivity index (χ4v) is 2.35. The number of piperidine rings is 1. The van der Waals surface area contributed by atoms with Crippen LogP contribution >= 0.6 is 0 Å². The Morgan fingerprint density at radius 3 is 3.21 bits per heavy atom. The number of ether oxygens (including phenoxy) is 1. The summed E-state index contributed by atoms with van der Waals surface area (Å²) in [6.07, 6.45) is 9.61. The number of rotatable bonds is 4. The molecule has 1 atom stereocenters. The average Bonchev–Trinajstić information content (AvgIpc) is 3.01. The summed E-state index contributed by atoms with van der Waals surface area (Å²) >= 11 is 0. The largest absolute Gasteiger partial charge is 0.476 e. The zero-order valence-electron chi connectivity index (χ0n) is 10.8. The second-order valence-electron chi connectivity index (χ2n) is 4.82. The van der Waals surface area contributed by atoms with Crippen LogP contribution in [-0.4, -0.2) is 34.2 Å². The van der Waals surface area contributed by atoms with Gasteiger partial charge >= 0.3 is 0 Å². The molecule has 5 nitrogen and oxygen atoms in total. The van der Waals surface area contributed by atoms with Gasteiger partial charge < -0.3 is 14.6 Å². The molecular weight excluding hydrogens is 240 g/mol. The molecule has 1 unspecified atom stereocenters. The molecular formula is C14H18N4O. The zero-order chi connectivity index (χ0) is 12.9. The topological polar surface area (TPSA) is 52.0 Å². The molecule has 0 saturated carbocycles. The monoisotopic (exact) mass is 258 g/mol. The molecule has 1 aliphatic rings. The van der Waals surface area contributed by atoms with E-state index >= 15 is 0 Å². The highest BCUT2D eigenvalue weighted by Crippen LogP contribution is 2.20. The fourth-order valence-electron chi connectivity index (χ4n) is 2.35. The normalized spacial score (nSPS) is 19.3. The molecule has 0 bridgehead atoms. The second kappa shape index (κ2) is 5.84. The van der Waals surface area contributed by atoms with E-state index in [0.717, 1.165) is 18.8 Å². The van der Waals surface area contributed by atoms with E-state index in [4.69, 9.17) is 4.74 Å². The highest BCUT2D eigenvalue weighted by atomic mass is 16.5. The second-order valence-corrected chi connectivity index (χ2v) is 4.82. The van der Waals surface area contributed by atoms with E-state index in [0.29, 0.717) is 18.4 Å². The van der Waals surface area contributed by atoms with Crippen molar-refractivity contribution in [3.63, 3.8) is 0 Å². The van der Waals surface area contributed by atoms with Gasteiger partial charge in [-0.3, -0.25) is 0 Å². The Balaban J connectivity index is 1.70. The molecule has 3 heterocycles. The van der Waals surface area contributed by atoms with Gasteiger partial charge in [-0.25, -0.2) is 9.97 Å². The van der Waals surface area contributed by atoms with Crippen molar-refractivity contribution in [2.24, 2.45) is 5.92 Å². The molecule has 0 spiro atoms. The molecule has 0 amide bonds. The minimum absolute atomic E-state index is 0.575. The van der Waals surface area contributed by atoms with Crippen molar-refractivity contribution in [3.05, 3.63) is 37.1 Å². The summed E-state index contributed by atoms with van der Waals surface area (Å²) in [5, 5.41) is 3.40. The van der Waals surface area contributed by atoms with Crippen molar-refractivity contribution in [2.45, 2.75) is 12.8 Å². The first-order chi connectivity index (χ1) is 9.43. The van der Waals surface area contributed by atoms with Crippen molar-refractivity contribution in [1.29, 1.82) is 0 Å². The van der Waals surface area contributed by atoms with E-state index in [2.05, 4.69) is 15.3 Å². The van der Waals surface area contributed by atoms with Crippen molar-refractivity contribution in [2.75, 3.05) is 19.7 Å². The van der Waals surface area contributed by atoms with Crippen LogP contribution in [0.5, 0.6) is 5.88 Å². The molecule has 2 aromatic heterocycles. The summed E-state index contributed by atoms with van der Waals surface area (Å²) in [6.45, 7) is 2.87. The summed E-state index contributed by atoms with van der Waals surface area (Å²) in [4.78, 5) is 8.39. The Morgan fingerprint density at radius 2 is 2.42 bits per heavy atom. The predicted molar refractivity (Wildman–Crippen MR) is 72.4 cm³/mol. The number of hydrogen-bond acceptors (Lipinski definition) is 4. The number of imidazole rings is 1. The number of nitrogens with one attached hydrogen (secondary N) is 1. The van der Waals surface area contributed by atoms with Crippen molar-refractivity contribution in [1.82, 2.24) is 19.9 Å². The molecule has 0 aliphatic carbocycles. The first kappa shape index (κ1) is 12.2. The lowest BCUT2D eigenvalue weighted by atomic mass is 10.0. The van der Waals surface area contributed by atoms with E-state index in [1.165, 1.54) is 12.8 Å². The van der Waals surface area contributed by atoms with Crippen LogP contribution in [0.25, 0.3) is 5.69 Å². The summed E-state index contributed by atoms with van der Waals surface area (Å²) in [7, 11) is 0. The van der Waals surface area contributed by atoms with E-state index in [1.54, 1.807) is 18.7 Å². The van der Waals surface area contributed by atoms with Gasteiger partial charge in [-0.2, -0.15) is 0 Å². The Morgan fingerprint density at radius 1 is 1.42 bits per heavy atom. The maximum atomic E-state index is 5.90. The van der Waals surface area contributed by atoms with Crippen molar-refractivity contribution < 1.29 is 4.74 Å². The van der Waals surface area contributed by atoms with Crippen LogP contribution in [0, 0.1) is 5.92 Å². The van der Waals surface area contributed by atoms with Gasteiger partial charge in [-0.05, 0) is 31.5 Å². The highest BCUT2D eigenvalue weighted by Gasteiger charge is 2.15. The Kier molecular flexibility index (Phi) is 3.74. The molecule has 3 rings (SSSR count). The third kappa shape index (κ3) is 2.93. The van der Waals surface area contributed by atoms with Crippen LogP contribution in [0.1, 0.15) is 12.8 Å². The molecule has 1 saturated heterocycles. The van der Waals surface area contributed by atoms with E-state index < -0.39 is 0 Å². The molecule has 0 radical (unpaired) electrons. The Hall–Kier alpha value is -1.88. The molecule has 0 aromatic carbocycles.